The van der Waals surface area contributed by atoms with Gasteiger partial charge in [0.05, 0.1) is 0 Å². The number of nitrogens with one attached hydrogen (secondary N) is 1. The lowest BCUT2D eigenvalue weighted by Gasteiger charge is -2.23. The number of rotatable bonds is 6. The second kappa shape index (κ2) is 8.10. The van der Waals surface area contributed by atoms with Gasteiger partial charge in [-0.05, 0) is 36.6 Å². The van der Waals surface area contributed by atoms with Crippen LogP contribution in [0.3, 0.4) is 0 Å². The summed E-state index contributed by atoms with van der Waals surface area (Å²) in [5.74, 6) is 0.531. The number of aromatic nitrogens is 1. The van der Waals surface area contributed by atoms with E-state index in [0.717, 1.165) is 32.5 Å². The van der Waals surface area contributed by atoms with Crippen LogP contribution in [-0.2, 0) is 13.5 Å². The molecule has 1 aromatic carbocycles. The minimum Gasteiger partial charge on any atom is -0.371 e. The molecular formula is C20H28N4O. The van der Waals surface area contributed by atoms with Crippen LogP contribution in [0, 0.1) is 5.92 Å². The average Bonchev–Trinajstić information content (AvgIpc) is 3.25. The number of aryl methyl sites for hydroxylation is 1. The monoisotopic (exact) mass is 340 g/mol. The highest BCUT2D eigenvalue weighted by molar-refractivity contribution is 5.73. The zero-order valence-electron chi connectivity index (χ0n) is 15.2. The van der Waals surface area contributed by atoms with Gasteiger partial charge in [-0.3, -0.25) is 0 Å². The lowest BCUT2D eigenvalue weighted by Crippen LogP contribution is -2.41. The molecule has 2 aromatic rings. The third kappa shape index (κ3) is 4.56. The predicted molar refractivity (Wildman–Crippen MR) is 102 cm³/mol. The minimum absolute atomic E-state index is 0.0207. The number of para-hydroxylation sites is 1. The molecule has 0 bridgehead atoms. The molecular weight excluding hydrogens is 312 g/mol. The van der Waals surface area contributed by atoms with Crippen LogP contribution in [0.25, 0.3) is 0 Å². The van der Waals surface area contributed by atoms with Crippen LogP contribution in [0.1, 0.15) is 12.1 Å². The SMILES string of the molecule is CN(CC1CCN(c2ccccc2)C1)C(=O)NCCc1cccn1C. The summed E-state index contributed by atoms with van der Waals surface area (Å²) in [7, 11) is 3.92. The highest BCUT2D eigenvalue weighted by Crippen LogP contribution is 2.23. The number of amides is 2. The van der Waals surface area contributed by atoms with Crippen LogP contribution < -0.4 is 10.2 Å². The van der Waals surface area contributed by atoms with Crippen molar-refractivity contribution < 1.29 is 4.79 Å². The zero-order chi connectivity index (χ0) is 17.6. The third-order valence-electron chi connectivity index (χ3n) is 4.99. The first-order valence-electron chi connectivity index (χ1n) is 9.02. The Morgan fingerprint density at radius 2 is 2.04 bits per heavy atom. The van der Waals surface area contributed by atoms with Crippen LogP contribution in [0.15, 0.2) is 48.7 Å². The summed E-state index contributed by atoms with van der Waals surface area (Å²) >= 11 is 0. The third-order valence-corrected chi connectivity index (χ3v) is 4.99. The Labute approximate surface area is 150 Å². The molecule has 0 radical (unpaired) electrons. The molecule has 5 heteroatoms. The van der Waals surface area contributed by atoms with E-state index in [4.69, 9.17) is 0 Å². The number of urea groups is 1. The van der Waals surface area contributed by atoms with Crippen molar-refractivity contribution in [2.75, 3.05) is 38.1 Å². The van der Waals surface area contributed by atoms with Gasteiger partial charge in [0.1, 0.15) is 0 Å². The summed E-state index contributed by atoms with van der Waals surface area (Å²) in [5.41, 5.74) is 2.51. The lowest BCUT2D eigenvalue weighted by molar-refractivity contribution is 0.202. The van der Waals surface area contributed by atoms with Crippen molar-refractivity contribution in [2.24, 2.45) is 13.0 Å². The van der Waals surface area contributed by atoms with Crippen LogP contribution in [-0.4, -0.2) is 48.7 Å². The molecule has 25 heavy (non-hydrogen) atoms. The van der Waals surface area contributed by atoms with E-state index in [1.54, 1.807) is 0 Å². The highest BCUT2D eigenvalue weighted by atomic mass is 16.2. The Bertz CT molecular complexity index is 682. The Kier molecular flexibility index (Phi) is 5.64. The second-order valence-corrected chi connectivity index (χ2v) is 6.91. The maximum atomic E-state index is 12.3. The molecule has 1 N–H and O–H groups in total. The van der Waals surface area contributed by atoms with Crippen LogP contribution in [0.4, 0.5) is 10.5 Å². The number of carbonyl (C=O) groups excluding carboxylic acids is 1. The molecule has 1 atom stereocenters. The van der Waals surface area contributed by atoms with Crippen molar-refractivity contribution in [2.45, 2.75) is 12.8 Å². The summed E-state index contributed by atoms with van der Waals surface area (Å²) < 4.78 is 2.09. The Morgan fingerprint density at radius 3 is 2.76 bits per heavy atom. The Balaban J connectivity index is 1.40. The van der Waals surface area contributed by atoms with Crippen LogP contribution >= 0.6 is 0 Å². The number of nitrogens with zero attached hydrogens (tertiary/aromatic N) is 3. The standard InChI is InChI=1S/C20H28N4O/c1-22-13-6-9-18(22)10-12-21-20(25)23(2)15-17-11-14-24(16-17)19-7-4-3-5-8-19/h3-9,13,17H,10-12,14-16H2,1-2H3,(H,21,25). The largest absolute Gasteiger partial charge is 0.371 e. The van der Waals surface area contributed by atoms with Crippen LogP contribution in [0.5, 0.6) is 0 Å². The van der Waals surface area contributed by atoms with Gasteiger partial charge in [0.2, 0.25) is 0 Å². The molecule has 1 fully saturated rings. The molecule has 1 aromatic heterocycles. The van der Waals surface area contributed by atoms with Crippen molar-refractivity contribution >= 4 is 11.7 Å². The van der Waals surface area contributed by atoms with E-state index >= 15 is 0 Å². The molecule has 134 valence electrons. The van der Waals surface area contributed by atoms with E-state index in [-0.39, 0.29) is 6.03 Å². The number of carbonyl (C=O) groups is 1. The maximum Gasteiger partial charge on any atom is 0.317 e. The molecule has 2 heterocycles. The molecule has 0 spiro atoms. The summed E-state index contributed by atoms with van der Waals surface area (Å²) in [6, 6.07) is 14.7. The van der Waals surface area contributed by atoms with Crippen molar-refractivity contribution in [3.8, 4) is 0 Å². The number of hydrogen-bond acceptors (Lipinski definition) is 2. The van der Waals surface area contributed by atoms with Gasteiger partial charge in [-0.25, -0.2) is 4.79 Å². The van der Waals surface area contributed by atoms with Gasteiger partial charge in [-0.2, -0.15) is 0 Å². The van der Waals surface area contributed by atoms with E-state index in [9.17, 15) is 4.79 Å². The van der Waals surface area contributed by atoms with Crippen molar-refractivity contribution in [1.29, 1.82) is 0 Å². The number of benzene rings is 1. The van der Waals surface area contributed by atoms with Gasteiger partial charge in [0.25, 0.3) is 0 Å². The molecule has 1 aliphatic rings. The van der Waals surface area contributed by atoms with Gasteiger partial charge < -0.3 is 19.7 Å². The van der Waals surface area contributed by atoms with Crippen LogP contribution in [0.2, 0.25) is 0 Å². The topological polar surface area (TPSA) is 40.5 Å². The quantitative estimate of drug-likeness (QED) is 0.878. The normalized spacial score (nSPS) is 16.9. The molecule has 5 nitrogen and oxygen atoms in total. The van der Waals surface area contributed by atoms with E-state index < -0.39 is 0 Å². The molecule has 1 unspecified atom stereocenters. The zero-order valence-corrected chi connectivity index (χ0v) is 15.2. The van der Waals surface area contributed by atoms with Gasteiger partial charge in [0.15, 0.2) is 0 Å². The molecule has 0 saturated carbocycles. The first-order valence-corrected chi connectivity index (χ1v) is 9.02. The second-order valence-electron chi connectivity index (χ2n) is 6.91. The number of anilines is 1. The molecule has 2 amide bonds. The van der Waals surface area contributed by atoms with Crippen molar-refractivity contribution in [3.63, 3.8) is 0 Å². The summed E-state index contributed by atoms with van der Waals surface area (Å²) in [4.78, 5) is 16.5. The van der Waals surface area contributed by atoms with E-state index in [1.165, 1.54) is 11.4 Å². The van der Waals surface area contributed by atoms with Gasteiger partial charge in [0, 0.05) is 64.3 Å². The number of hydrogen-bond donors (Lipinski definition) is 1. The average molecular weight is 340 g/mol. The van der Waals surface area contributed by atoms with Gasteiger partial charge >= 0.3 is 6.03 Å². The summed E-state index contributed by atoms with van der Waals surface area (Å²) in [5, 5.41) is 3.02. The lowest BCUT2D eigenvalue weighted by atomic mass is 10.1. The van der Waals surface area contributed by atoms with Crippen molar-refractivity contribution in [1.82, 2.24) is 14.8 Å². The summed E-state index contributed by atoms with van der Waals surface area (Å²) in [6.07, 6.45) is 4.02. The molecule has 0 aliphatic carbocycles. The van der Waals surface area contributed by atoms with Gasteiger partial charge in [-0.15, -0.1) is 0 Å². The smallest absolute Gasteiger partial charge is 0.317 e. The Hall–Kier alpha value is -2.43. The fraction of sp³-hybridized carbons (Fsp3) is 0.450. The van der Waals surface area contributed by atoms with E-state index in [1.807, 2.05) is 37.3 Å². The van der Waals surface area contributed by atoms with E-state index in [2.05, 4.69) is 45.1 Å². The predicted octanol–water partition coefficient (Wildman–Crippen LogP) is 2.74. The molecule has 3 rings (SSSR count). The fourth-order valence-corrected chi connectivity index (χ4v) is 3.51. The maximum absolute atomic E-state index is 12.3. The van der Waals surface area contributed by atoms with E-state index in [0.29, 0.717) is 12.5 Å². The van der Waals surface area contributed by atoms with Gasteiger partial charge in [-0.1, -0.05) is 18.2 Å². The first-order chi connectivity index (χ1) is 12.1. The fourth-order valence-electron chi connectivity index (χ4n) is 3.51. The first kappa shape index (κ1) is 17.4. The minimum atomic E-state index is 0.0207. The highest BCUT2D eigenvalue weighted by Gasteiger charge is 2.25. The van der Waals surface area contributed by atoms with Crippen molar-refractivity contribution in [3.05, 3.63) is 54.4 Å². The molecule has 1 aliphatic heterocycles. The Morgan fingerprint density at radius 1 is 1.24 bits per heavy atom. The summed E-state index contributed by atoms with van der Waals surface area (Å²) in [6.45, 7) is 3.56. The molecule has 1 saturated heterocycles.